The van der Waals surface area contributed by atoms with E-state index in [0.717, 1.165) is 62.1 Å². The van der Waals surface area contributed by atoms with Gasteiger partial charge in [0.25, 0.3) is 0 Å². The predicted octanol–water partition coefficient (Wildman–Crippen LogP) is 4.40. The average Bonchev–Trinajstić information content (AvgIpc) is 3.69. The summed E-state index contributed by atoms with van der Waals surface area (Å²) in [5.41, 5.74) is 3.79. The molecule has 0 aromatic carbocycles. The van der Waals surface area contributed by atoms with E-state index >= 15 is 0 Å². The number of aromatic nitrogens is 6. The van der Waals surface area contributed by atoms with Crippen molar-refractivity contribution in [3.8, 4) is 28.6 Å². The van der Waals surface area contributed by atoms with Gasteiger partial charge in [0.15, 0.2) is 0 Å². The van der Waals surface area contributed by atoms with Gasteiger partial charge in [0.05, 0.1) is 35.4 Å². The molecule has 11 nitrogen and oxygen atoms in total. The molecule has 2 fully saturated rings. The summed E-state index contributed by atoms with van der Waals surface area (Å²) in [4.78, 5) is 25.4. The van der Waals surface area contributed by atoms with Gasteiger partial charge in [0.2, 0.25) is 5.91 Å². The molecule has 2 aliphatic rings. The number of ether oxygens (including phenoxy) is 1. The van der Waals surface area contributed by atoms with E-state index in [0.29, 0.717) is 35.7 Å². The second-order valence-corrected chi connectivity index (χ2v) is 11.6. The third kappa shape index (κ3) is 5.23. The number of carbonyl (C=O) groups is 1. The molecule has 42 heavy (non-hydrogen) atoms. The van der Waals surface area contributed by atoms with Crippen LogP contribution in [0.15, 0.2) is 43.1 Å². The Morgan fingerprint density at radius 3 is 2.55 bits per heavy atom. The molecule has 0 spiro atoms. The highest BCUT2D eigenvalue weighted by molar-refractivity contribution is 5.84. The summed E-state index contributed by atoms with van der Waals surface area (Å²) in [5, 5.41) is 22.0. The third-order valence-corrected chi connectivity index (χ3v) is 8.82. The Morgan fingerprint density at radius 2 is 1.90 bits per heavy atom. The van der Waals surface area contributed by atoms with Gasteiger partial charge >= 0.3 is 0 Å². The molecule has 6 heterocycles. The fraction of sp³-hybridized carbons (Fsp3) is 0.484. The lowest BCUT2D eigenvalue weighted by molar-refractivity contribution is -0.134. The minimum absolute atomic E-state index is 0.183. The molecular weight excluding hydrogens is 530 g/mol. The summed E-state index contributed by atoms with van der Waals surface area (Å²) in [6.45, 7) is 9.23. The molecule has 0 aliphatic carbocycles. The van der Waals surface area contributed by atoms with E-state index in [-0.39, 0.29) is 23.4 Å². The maximum absolute atomic E-state index is 13.3. The number of piperidine rings is 1. The summed E-state index contributed by atoms with van der Waals surface area (Å²) in [6.07, 6.45) is 13.1. The van der Waals surface area contributed by atoms with Crippen LogP contribution in [-0.2, 0) is 9.53 Å². The standard InChI is InChI=1S/C31H37N9O2/c1-4-31(30(41)36-25-7-13-42-14-8-25)9-11-38(12-10-31)27-6-5-22(16-33-27)28-29-23(15-32)17-35-40(29)20-26(37-28)24-18-34-39(19-24)21(2)3/h5-6,16-21,25H,4,7-14H2,1-3H3,(H,36,41). The number of hydrogen-bond acceptors (Lipinski definition) is 8. The molecular formula is C31H37N9O2. The monoisotopic (exact) mass is 567 g/mol. The van der Waals surface area contributed by atoms with Crippen LogP contribution in [0.4, 0.5) is 5.82 Å². The third-order valence-electron chi connectivity index (χ3n) is 8.82. The molecule has 4 aromatic heterocycles. The first-order valence-corrected chi connectivity index (χ1v) is 14.8. The van der Waals surface area contributed by atoms with Gasteiger partial charge in [-0.2, -0.15) is 15.5 Å². The van der Waals surface area contributed by atoms with Crippen molar-refractivity contribution < 1.29 is 9.53 Å². The number of nitrogens with one attached hydrogen (secondary N) is 1. The van der Waals surface area contributed by atoms with Gasteiger partial charge in [-0.25, -0.2) is 14.5 Å². The van der Waals surface area contributed by atoms with Crippen molar-refractivity contribution in [2.75, 3.05) is 31.2 Å². The largest absolute Gasteiger partial charge is 0.381 e. The van der Waals surface area contributed by atoms with Crippen molar-refractivity contribution in [2.45, 2.75) is 65.0 Å². The molecule has 0 atom stereocenters. The van der Waals surface area contributed by atoms with Crippen LogP contribution in [0, 0.1) is 16.7 Å². The lowest BCUT2D eigenvalue weighted by Gasteiger charge is -2.41. The van der Waals surface area contributed by atoms with Crippen molar-refractivity contribution in [3.63, 3.8) is 0 Å². The normalized spacial score (nSPS) is 17.5. The van der Waals surface area contributed by atoms with Gasteiger partial charge in [0, 0.05) is 61.9 Å². The van der Waals surface area contributed by atoms with Gasteiger partial charge in [-0.05, 0) is 58.1 Å². The summed E-state index contributed by atoms with van der Waals surface area (Å²) in [5.74, 6) is 1.05. The Kier molecular flexibility index (Phi) is 7.64. The highest BCUT2D eigenvalue weighted by Gasteiger charge is 2.40. The predicted molar refractivity (Wildman–Crippen MR) is 159 cm³/mol. The second kappa shape index (κ2) is 11.5. The van der Waals surface area contributed by atoms with E-state index in [9.17, 15) is 10.1 Å². The highest BCUT2D eigenvalue weighted by Crippen LogP contribution is 2.37. The smallest absolute Gasteiger partial charge is 0.226 e. The van der Waals surface area contributed by atoms with Gasteiger partial charge < -0.3 is 15.0 Å². The number of nitriles is 1. The first-order chi connectivity index (χ1) is 20.4. The van der Waals surface area contributed by atoms with Gasteiger partial charge in [-0.3, -0.25) is 9.48 Å². The van der Waals surface area contributed by atoms with Crippen LogP contribution in [0.25, 0.3) is 28.0 Å². The van der Waals surface area contributed by atoms with Crippen molar-refractivity contribution in [1.82, 2.24) is 34.7 Å². The van der Waals surface area contributed by atoms with E-state index in [2.05, 4.69) is 47.3 Å². The van der Waals surface area contributed by atoms with Crippen molar-refractivity contribution in [3.05, 3.63) is 48.7 Å². The molecule has 1 N–H and O–H groups in total. The van der Waals surface area contributed by atoms with E-state index in [1.165, 1.54) is 0 Å². The second-order valence-electron chi connectivity index (χ2n) is 11.6. The van der Waals surface area contributed by atoms with E-state index in [4.69, 9.17) is 14.7 Å². The summed E-state index contributed by atoms with van der Waals surface area (Å²) < 4.78 is 9.05. The first-order valence-electron chi connectivity index (χ1n) is 14.8. The maximum Gasteiger partial charge on any atom is 0.226 e. The number of carbonyl (C=O) groups excluding carboxylic acids is 1. The molecule has 2 saturated heterocycles. The Bertz CT molecular complexity index is 1600. The van der Waals surface area contributed by atoms with Gasteiger partial charge in [-0.15, -0.1) is 0 Å². The molecule has 1 amide bonds. The molecule has 11 heteroatoms. The fourth-order valence-corrected chi connectivity index (χ4v) is 5.99. The number of nitrogens with zero attached hydrogens (tertiary/aromatic N) is 8. The van der Waals surface area contributed by atoms with Crippen molar-refractivity contribution in [2.24, 2.45) is 5.41 Å². The molecule has 0 saturated carbocycles. The zero-order valence-electron chi connectivity index (χ0n) is 24.5. The Labute approximate surface area is 245 Å². The van der Waals surface area contributed by atoms with Crippen LogP contribution in [-0.4, -0.2) is 67.6 Å². The van der Waals surface area contributed by atoms with Crippen LogP contribution in [0.1, 0.15) is 64.5 Å². The molecule has 0 bridgehead atoms. The zero-order valence-corrected chi connectivity index (χ0v) is 24.5. The minimum Gasteiger partial charge on any atom is -0.381 e. The molecule has 4 aromatic rings. The summed E-state index contributed by atoms with van der Waals surface area (Å²) >= 11 is 0. The fourth-order valence-electron chi connectivity index (χ4n) is 5.99. The van der Waals surface area contributed by atoms with E-state index in [1.807, 2.05) is 35.4 Å². The Balaban J connectivity index is 1.22. The minimum atomic E-state index is -0.343. The maximum atomic E-state index is 13.3. The number of fused-ring (bicyclic) bond motifs is 1. The number of rotatable bonds is 7. The van der Waals surface area contributed by atoms with Crippen LogP contribution in [0.5, 0.6) is 0 Å². The van der Waals surface area contributed by atoms with E-state index < -0.39 is 0 Å². The zero-order chi connectivity index (χ0) is 29.3. The summed E-state index contributed by atoms with van der Waals surface area (Å²) in [7, 11) is 0. The number of anilines is 1. The topological polar surface area (TPSA) is 126 Å². The van der Waals surface area contributed by atoms with Crippen molar-refractivity contribution >= 4 is 17.2 Å². The lowest BCUT2D eigenvalue weighted by Crippen LogP contribution is -2.52. The average molecular weight is 568 g/mol. The van der Waals surface area contributed by atoms with Crippen molar-refractivity contribution in [1.29, 1.82) is 5.26 Å². The molecule has 2 aliphatic heterocycles. The number of pyridine rings is 1. The molecule has 0 unspecified atom stereocenters. The quantitative estimate of drug-likeness (QED) is 0.348. The van der Waals surface area contributed by atoms with E-state index in [1.54, 1.807) is 16.9 Å². The number of hydrogen-bond donors (Lipinski definition) is 1. The van der Waals surface area contributed by atoms with Crippen LogP contribution < -0.4 is 10.2 Å². The van der Waals surface area contributed by atoms with Gasteiger partial charge in [0.1, 0.15) is 23.0 Å². The summed E-state index contributed by atoms with van der Waals surface area (Å²) in [6, 6.07) is 6.68. The molecule has 6 rings (SSSR count). The lowest BCUT2D eigenvalue weighted by atomic mass is 9.75. The SMILES string of the molecule is CCC1(C(=O)NC2CCOCC2)CCN(c2ccc(-c3nc(-c4cnn(C(C)C)c4)cn4ncc(C#N)c34)cn2)CC1. The Morgan fingerprint density at radius 1 is 1.12 bits per heavy atom. The molecule has 0 radical (unpaired) electrons. The van der Waals surface area contributed by atoms with Crippen LogP contribution in [0.3, 0.4) is 0 Å². The van der Waals surface area contributed by atoms with Gasteiger partial charge in [-0.1, -0.05) is 6.92 Å². The van der Waals surface area contributed by atoms with Crippen LogP contribution >= 0.6 is 0 Å². The molecule has 218 valence electrons. The number of amides is 1. The first kappa shape index (κ1) is 27.8. The van der Waals surface area contributed by atoms with Crippen LogP contribution in [0.2, 0.25) is 0 Å². The Hall–Kier alpha value is -4.30. The highest BCUT2D eigenvalue weighted by atomic mass is 16.5.